The van der Waals surface area contributed by atoms with Crippen molar-refractivity contribution >= 4 is 35.1 Å². The second-order valence-corrected chi connectivity index (χ2v) is 10.3. The van der Waals surface area contributed by atoms with E-state index >= 15 is 0 Å². The van der Waals surface area contributed by atoms with Crippen LogP contribution in [0.2, 0.25) is 5.02 Å². The van der Waals surface area contributed by atoms with Crippen LogP contribution in [0.3, 0.4) is 0 Å². The fraction of sp³-hybridized carbons (Fsp3) is 0.520. The van der Waals surface area contributed by atoms with Gasteiger partial charge in [-0.3, -0.25) is 9.59 Å². The summed E-state index contributed by atoms with van der Waals surface area (Å²) in [5.74, 6) is 2.35. The lowest BCUT2D eigenvalue weighted by Crippen LogP contribution is -2.41. The summed E-state index contributed by atoms with van der Waals surface area (Å²) in [5, 5.41) is 6.98. The molecule has 9 heteroatoms. The molecule has 34 heavy (non-hydrogen) atoms. The van der Waals surface area contributed by atoms with Crippen molar-refractivity contribution in [2.75, 3.05) is 42.9 Å². The molecule has 8 nitrogen and oxygen atoms in total. The van der Waals surface area contributed by atoms with E-state index in [0.29, 0.717) is 48.1 Å². The molecule has 3 aliphatic rings. The van der Waals surface area contributed by atoms with Crippen LogP contribution in [0, 0.1) is 11.8 Å². The molecule has 2 amide bonds. The van der Waals surface area contributed by atoms with Crippen molar-refractivity contribution in [3.8, 4) is 0 Å². The molecule has 4 heterocycles. The van der Waals surface area contributed by atoms with E-state index in [1.54, 1.807) is 0 Å². The predicted octanol–water partition coefficient (Wildman–Crippen LogP) is 2.69. The molecule has 5 rings (SSSR count). The van der Waals surface area contributed by atoms with Gasteiger partial charge in [0.15, 0.2) is 0 Å². The third kappa shape index (κ3) is 4.61. The first-order valence-electron chi connectivity index (χ1n) is 12.1. The van der Waals surface area contributed by atoms with Crippen molar-refractivity contribution in [2.45, 2.75) is 38.6 Å². The zero-order valence-corrected chi connectivity index (χ0v) is 20.4. The molecule has 3 atom stereocenters. The van der Waals surface area contributed by atoms with Crippen LogP contribution in [0.5, 0.6) is 0 Å². The Kier molecular flexibility index (Phi) is 6.44. The minimum absolute atomic E-state index is 0.00629. The number of hydrogen-bond donors (Lipinski definition) is 2. The Labute approximate surface area is 205 Å². The highest BCUT2D eigenvalue weighted by Gasteiger charge is 2.44. The van der Waals surface area contributed by atoms with E-state index < -0.39 is 0 Å². The number of carbonyl (C=O) groups is 2. The van der Waals surface area contributed by atoms with Gasteiger partial charge < -0.3 is 20.4 Å². The van der Waals surface area contributed by atoms with Crippen molar-refractivity contribution in [1.29, 1.82) is 0 Å². The molecule has 0 aliphatic carbocycles. The number of aromatic nitrogens is 2. The van der Waals surface area contributed by atoms with E-state index in [0.717, 1.165) is 43.1 Å². The van der Waals surface area contributed by atoms with Crippen LogP contribution < -0.4 is 15.5 Å². The number of amides is 2. The minimum atomic E-state index is -0.230. The first kappa shape index (κ1) is 23.1. The molecule has 3 unspecified atom stereocenters. The second-order valence-electron chi connectivity index (χ2n) is 9.91. The average molecular weight is 483 g/mol. The highest BCUT2D eigenvalue weighted by molar-refractivity contribution is 6.30. The van der Waals surface area contributed by atoms with Gasteiger partial charge in [0.1, 0.15) is 18.0 Å². The monoisotopic (exact) mass is 482 g/mol. The zero-order chi connectivity index (χ0) is 23.8. The van der Waals surface area contributed by atoms with E-state index in [1.807, 2.05) is 29.2 Å². The van der Waals surface area contributed by atoms with Crippen molar-refractivity contribution in [3.05, 3.63) is 46.7 Å². The van der Waals surface area contributed by atoms with E-state index in [9.17, 15) is 9.59 Å². The fourth-order valence-corrected chi connectivity index (χ4v) is 5.54. The molecule has 0 saturated carbocycles. The van der Waals surface area contributed by atoms with E-state index in [-0.39, 0.29) is 17.7 Å². The summed E-state index contributed by atoms with van der Waals surface area (Å²) < 4.78 is 0. The van der Waals surface area contributed by atoms with E-state index in [2.05, 4.69) is 39.3 Å². The average Bonchev–Trinajstić information content (AvgIpc) is 3.39. The molecule has 0 spiro atoms. The lowest BCUT2D eigenvalue weighted by atomic mass is 9.97. The molecule has 2 fully saturated rings. The van der Waals surface area contributed by atoms with Gasteiger partial charge in [-0.05, 0) is 24.1 Å². The lowest BCUT2D eigenvalue weighted by molar-refractivity contribution is -0.132. The van der Waals surface area contributed by atoms with Crippen LogP contribution in [0.15, 0.2) is 30.6 Å². The number of fused-ring (bicyclic) bond motifs is 2. The maximum atomic E-state index is 13.6. The Morgan fingerprint density at radius 3 is 2.50 bits per heavy atom. The Balaban J connectivity index is 1.27. The lowest BCUT2D eigenvalue weighted by Gasteiger charge is -2.28. The molecule has 2 aromatic rings. The largest absolute Gasteiger partial charge is 0.356 e. The number of halogens is 1. The quantitative estimate of drug-likeness (QED) is 0.658. The number of likely N-dealkylation sites (tertiary alicyclic amines) is 1. The summed E-state index contributed by atoms with van der Waals surface area (Å²) in [6.45, 7) is 8.04. The van der Waals surface area contributed by atoms with Crippen molar-refractivity contribution in [2.24, 2.45) is 11.8 Å². The number of rotatable bonds is 6. The Morgan fingerprint density at radius 2 is 1.82 bits per heavy atom. The van der Waals surface area contributed by atoms with Crippen LogP contribution in [0.4, 0.5) is 11.6 Å². The highest BCUT2D eigenvalue weighted by Crippen LogP contribution is 2.37. The molecule has 3 aliphatic heterocycles. The van der Waals surface area contributed by atoms with E-state index in [4.69, 9.17) is 11.6 Å². The van der Waals surface area contributed by atoms with Gasteiger partial charge in [0.2, 0.25) is 11.8 Å². The summed E-state index contributed by atoms with van der Waals surface area (Å²) >= 11 is 6.09. The standard InChI is InChI=1S/C25H31ClN6O2/c1-15(2)27-9-21(16-3-5-19(26)6-4-16)25(34)32-12-17-10-31(11-18(17)13-32)24-20-7-8-22(33)30-23(20)28-14-29-24/h3-6,14-15,17-18,21,27H,7-13H2,1-2H3,(H,28,29,30,33). The molecule has 2 N–H and O–H groups in total. The third-order valence-corrected chi connectivity index (χ3v) is 7.43. The number of hydrogen-bond acceptors (Lipinski definition) is 6. The predicted molar refractivity (Wildman–Crippen MR) is 132 cm³/mol. The van der Waals surface area contributed by atoms with Gasteiger partial charge >= 0.3 is 0 Å². The van der Waals surface area contributed by atoms with Gasteiger partial charge in [-0.25, -0.2) is 9.97 Å². The van der Waals surface area contributed by atoms with Gasteiger partial charge in [0, 0.05) is 67.6 Å². The molecule has 1 aromatic heterocycles. The van der Waals surface area contributed by atoms with Gasteiger partial charge in [0.25, 0.3) is 0 Å². The summed E-state index contributed by atoms with van der Waals surface area (Å²) in [6.07, 6.45) is 2.66. The van der Waals surface area contributed by atoms with Crippen LogP contribution >= 0.6 is 11.6 Å². The van der Waals surface area contributed by atoms with Crippen LogP contribution in [-0.4, -0.2) is 65.4 Å². The molecular weight excluding hydrogens is 452 g/mol. The topological polar surface area (TPSA) is 90.5 Å². The third-order valence-electron chi connectivity index (χ3n) is 7.18. The number of nitrogens with zero attached hydrogens (tertiary/aromatic N) is 4. The van der Waals surface area contributed by atoms with E-state index in [1.165, 1.54) is 6.33 Å². The summed E-state index contributed by atoms with van der Waals surface area (Å²) in [4.78, 5) is 38.5. The molecule has 2 saturated heterocycles. The first-order valence-corrected chi connectivity index (χ1v) is 12.4. The summed E-state index contributed by atoms with van der Waals surface area (Å²) in [6, 6.07) is 7.94. The van der Waals surface area contributed by atoms with Crippen molar-refractivity contribution < 1.29 is 9.59 Å². The van der Waals surface area contributed by atoms with Gasteiger partial charge in [-0.1, -0.05) is 37.6 Å². The number of carbonyl (C=O) groups excluding carboxylic acids is 2. The maximum Gasteiger partial charge on any atom is 0.231 e. The number of nitrogens with one attached hydrogen (secondary N) is 2. The Morgan fingerprint density at radius 1 is 1.12 bits per heavy atom. The Hall–Kier alpha value is -2.71. The Bertz CT molecular complexity index is 1060. The first-order chi connectivity index (χ1) is 16.4. The maximum absolute atomic E-state index is 13.6. The van der Waals surface area contributed by atoms with Gasteiger partial charge in [0.05, 0.1) is 5.92 Å². The highest BCUT2D eigenvalue weighted by atomic mass is 35.5. The molecule has 1 aromatic carbocycles. The van der Waals surface area contributed by atoms with Crippen LogP contribution in [-0.2, 0) is 16.0 Å². The van der Waals surface area contributed by atoms with Crippen LogP contribution in [0.25, 0.3) is 0 Å². The molecule has 0 bridgehead atoms. The minimum Gasteiger partial charge on any atom is -0.356 e. The zero-order valence-electron chi connectivity index (χ0n) is 19.6. The number of anilines is 2. The van der Waals surface area contributed by atoms with Gasteiger partial charge in [-0.2, -0.15) is 0 Å². The fourth-order valence-electron chi connectivity index (χ4n) is 5.41. The molecule has 0 radical (unpaired) electrons. The normalized spacial score (nSPS) is 22.5. The number of benzene rings is 1. The summed E-state index contributed by atoms with van der Waals surface area (Å²) in [5.41, 5.74) is 2.02. The summed E-state index contributed by atoms with van der Waals surface area (Å²) in [7, 11) is 0. The SMILES string of the molecule is CC(C)NCC(C(=O)N1CC2CN(c3ncnc4c3CCC(=O)N4)CC2C1)c1ccc(Cl)cc1. The van der Waals surface area contributed by atoms with Crippen LogP contribution in [0.1, 0.15) is 37.3 Å². The molecular formula is C25H31ClN6O2. The van der Waals surface area contributed by atoms with Crippen molar-refractivity contribution in [3.63, 3.8) is 0 Å². The second kappa shape index (κ2) is 9.50. The smallest absolute Gasteiger partial charge is 0.231 e. The van der Waals surface area contributed by atoms with Gasteiger partial charge in [-0.15, -0.1) is 0 Å². The molecule has 180 valence electrons. The van der Waals surface area contributed by atoms with Crippen molar-refractivity contribution in [1.82, 2.24) is 20.2 Å².